The lowest BCUT2D eigenvalue weighted by Crippen LogP contribution is -2.51. The molecule has 1 fully saturated rings. The van der Waals surface area contributed by atoms with Crippen molar-refractivity contribution in [3.63, 3.8) is 0 Å². The lowest BCUT2D eigenvalue weighted by atomic mass is 9.89. The number of anilines is 3. The van der Waals surface area contributed by atoms with Gasteiger partial charge in [0.15, 0.2) is 5.65 Å². The molecule has 0 bridgehead atoms. The van der Waals surface area contributed by atoms with E-state index in [-0.39, 0.29) is 23.6 Å². The van der Waals surface area contributed by atoms with Gasteiger partial charge in [-0.05, 0) is 50.1 Å². The standard InChI is InChI=1S/C26H27N9O3/c1-14-11-15-6-9-21(33-23(15)29-14)34-10-4-5-18(26(34)37)30-20-12-22(27-2)35-24(32-20)16(13-28-35)25(36)31-17-7-8-19(17)38-3/h4-6,9-13,17,19,27H,7-8H2,1-3H3,(H,29,33)(H,30,32)(H,31,36)/t17-,19-/m1/s1. The Morgan fingerprint density at radius 3 is 2.82 bits per heavy atom. The lowest BCUT2D eigenvalue weighted by molar-refractivity contribution is 0.00732. The maximum atomic E-state index is 13.4. The molecule has 12 nitrogen and oxygen atoms in total. The van der Waals surface area contributed by atoms with Crippen LogP contribution in [0.1, 0.15) is 28.9 Å². The number of pyridine rings is 2. The number of carbonyl (C=O) groups excluding carboxylic acids is 1. The summed E-state index contributed by atoms with van der Waals surface area (Å²) in [5.74, 6) is 1.20. The molecular weight excluding hydrogens is 486 g/mol. The Morgan fingerprint density at radius 2 is 2.05 bits per heavy atom. The van der Waals surface area contributed by atoms with Crippen molar-refractivity contribution in [3.05, 3.63) is 70.4 Å². The van der Waals surface area contributed by atoms with E-state index in [4.69, 9.17) is 4.74 Å². The summed E-state index contributed by atoms with van der Waals surface area (Å²) in [5.41, 5.74) is 2.40. The third-order valence-corrected chi connectivity index (χ3v) is 6.86. The molecule has 194 valence electrons. The van der Waals surface area contributed by atoms with Crippen LogP contribution in [-0.4, -0.2) is 61.3 Å². The van der Waals surface area contributed by atoms with Crippen LogP contribution in [0.25, 0.3) is 22.5 Å². The molecule has 1 aliphatic carbocycles. The SMILES string of the molecule is CNc1cc(Nc2cccn(-c3ccc4cc(C)[nH]c4n3)c2=O)nc2c(C(=O)N[C@@H]3CC[C@H]3OC)cnn12. The van der Waals surface area contributed by atoms with Crippen molar-refractivity contribution in [1.82, 2.24) is 34.4 Å². The van der Waals surface area contributed by atoms with Gasteiger partial charge in [0.2, 0.25) is 0 Å². The molecule has 0 saturated heterocycles. The van der Waals surface area contributed by atoms with E-state index in [0.29, 0.717) is 40.0 Å². The van der Waals surface area contributed by atoms with E-state index in [9.17, 15) is 9.59 Å². The Labute approximate surface area is 217 Å². The third kappa shape index (κ3) is 4.04. The van der Waals surface area contributed by atoms with Crippen LogP contribution in [0.15, 0.2) is 53.6 Å². The molecule has 1 aliphatic rings. The Morgan fingerprint density at radius 1 is 1.18 bits per heavy atom. The van der Waals surface area contributed by atoms with Crippen molar-refractivity contribution in [2.24, 2.45) is 0 Å². The van der Waals surface area contributed by atoms with Crippen LogP contribution in [0.5, 0.6) is 0 Å². The first-order valence-corrected chi connectivity index (χ1v) is 12.3. The molecule has 4 N–H and O–H groups in total. The monoisotopic (exact) mass is 513 g/mol. The zero-order valence-corrected chi connectivity index (χ0v) is 21.1. The van der Waals surface area contributed by atoms with Gasteiger partial charge in [-0.15, -0.1) is 0 Å². The highest BCUT2D eigenvalue weighted by molar-refractivity contribution is 6.00. The first-order chi connectivity index (χ1) is 18.4. The number of fused-ring (bicyclic) bond motifs is 2. The summed E-state index contributed by atoms with van der Waals surface area (Å²) in [5, 5.41) is 14.5. The van der Waals surface area contributed by atoms with Gasteiger partial charge in [0.25, 0.3) is 11.5 Å². The molecule has 2 atom stereocenters. The summed E-state index contributed by atoms with van der Waals surface area (Å²) in [6, 6.07) is 10.8. The Hall–Kier alpha value is -4.71. The van der Waals surface area contributed by atoms with Gasteiger partial charge in [-0.1, -0.05) is 0 Å². The number of nitrogens with zero attached hydrogens (tertiary/aromatic N) is 5. The minimum absolute atomic E-state index is 0.00956. The van der Waals surface area contributed by atoms with Crippen molar-refractivity contribution in [2.45, 2.75) is 31.9 Å². The number of aryl methyl sites for hydroxylation is 1. The normalized spacial score (nSPS) is 16.9. The number of aromatic nitrogens is 6. The van der Waals surface area contributed by atoms with Gasteiger partial charge in [-0.2, -0.15) is 9.61 Å². The molecule has 6 rings (SSSR count). The van der Waals surface area contributed by atoms with E-state index < -0.39 is 0 Å². The molecule has 5 heterocycles. The molecular formula is C26H27N9O3. The number of carbonyl (C=O) groups is 1. The van der Waals surface area contributed by atoms with Crippen molar-refractivity contribution >= 4 is 39.9 Å². The molecule has 5 aromatic rings. The average Bonchev–Trinajstić information content (AvgIpc) is 3.49. The molecule has 0 unspecified atom stereocenters. The van der Waals surface area contributed by atoms with Crippen LogP contribution in [0.2, 0.25) is 0 Å². The molecule has 0 spiro atoms. The molecule has 0 aliphatic heterocycles. The van der Waals surface area contributed by atoms with Crippen molar-refractivity contribution in [1.29, 1.82) is 0 Å². The van der Waals surface area contributed by atoms with E-state index in [0.717, 1.165) is 23.9 Å². The number of methoxy groups -OCH3 is 1. The first-order valence-electron chi connectivity index (χ1n) is 12.3. The summed E-state index contributed by atoms with van der Waals surface area (Å²) in [7, 11) is 3.39. The predicted octanol–water partition coefficient (Wildman–Crippen LogP) is 2.76. The van der Waals surface area contributed by atoms with Crippen LogP contribution in [0.4, 0.5) is 17.3 Å². The number of amides is 1. The number of H-pyrrole nitrogens is 1. The molecule has 1 saturated carbocycles. The fourth-order valence-corrected chi connectivity index (χ4v) is 4.70. The number of hydrogen-bond acceptors (Lipinski definition) is 8. The van der Waals surface area contributed by atoms with Gasteiger partial charge in [0, 0.05) is 37.5 Å². The highest BCUT2D eigenvalue weighted by Crippen LogP contribution is 2.25. The molecule has 0 aromatic carbocycles. The third-order valence-electron chi connectivity index (χ3n) is 6.86. The van der Waals surface area contributed by atoms with Crippen LogP contribution < -0.4 is 21.5 Å². The average molecular weight is 514 g/mol. The van der Waals surface area contributed by atoms with Crippen LogP contribution in [-0.2, 0) is 4.74 Å². The quantitative estimate of drug-likeness (QED) is 0.260. The van der Waals surface area contributed by atoms with E-state index >= 15 is 0 Å². The fraction of sp³-hybridized carbons (Fsp3) is 0.269. The highest BCUT2D eigenvalue weighted by Gasteiger charge is 2.33. The summed E-state index contributed by atoms with van der Waals surface area (Å²) in [6.07, 6.45) is 4.93. The van der Waals surface area contributed by atoms with Gasteiger partial charge in [0.1, 0.15) is 34.4 Å². The number of nitrogens with one attached hydrogen (secondary N) is 4. The summed E-state index contributed by atoms with van der Waals surface area (Å²) < 4.78 is 8.41. The second kappa shape index (κ2) is 9.30. The molecule has 0 radical (unpaired) electrons. The van der Waals surface area contributed by atoms with Gasteiger partial charge < -0.3 is 25.7 Å². The van der Waals surface area contributed by atoms with Crippen LogP contribution in [0.3, 0.4) is 0 Å². The van der Waals surface area contributed by atoms with Gasteiger partial charge >= 0.3 is 0 Å². The van der Waals surface area contributed by atoms with Crippen LogP contribution in [0, 0.1) is 6.92 Å². The van der Waals surface area contributed by atoms with Crippen molar-refractivity contribution in [2.75, 3.05) is 24.8 Å². The number of aromatic amines is 1. The summed E-state index contributed by atoms with van der Waals surface area (Å²) in [6.45, 7) is 1.96. The highest BCUT2D eigenvalue weighted by atomic mass is 16.5. The number of ether oxygens (including phenoxy) is 1. The maximum Gasteiger partial charge on any atom is 0.279 e. The minimum Gasteiger partial charge on any atom is -0.379 e. The van der Waals surface area contributed by atoms with E-state index in [1.54, 1.807) is 49.1 Å². The molecule has 1 amide bonds. The Kier molecular flexibility index (Phi) is 5.80. The zero-order valence-electron chi connectivity index (χ0n) is 21.1. The minimum atomic E-state index is -0.294. The van der Waals surface area contributed by atoms with Gasteiger partial charge in [-0.25, -0.2) is 9.97 Å². The number of hydrogen-bond donors (Lipinski definition) is 4. The van der Waals surface area contributed by atoms with E-state index in [1.807, 2.05) is 19.1 Å². The van der Waals surface area contributed by atoms with Gasteiger partial charge in [0.05, 0.1) is 18.3 Å². The summed E-state index contributed by atoms with van der Waals surface area (Å²) >= 11 is 0. The number of rotatable bonds is 7. The summed E-state index contributed by atoms with van der Waals surface area (Å²) in [4.78, 5) is 38.9. The van der Waals surface area contributed by atoms with E-state index in [1.165, 1.54) is 10.8 Å². The van der Waals surface area contributed by atoms with Crippen LogP contribution >= 0.6 is 0 Å². The first kappa shape index (κ1) is 23.7. The second-order valence-corrected chi connectivity index (χ2v) is 9.28. The largest absolute Gasteiger partial charge is 0.379 e. The predicted molar refractivity (Wildman–Crippen MR) is 144 cm³/mol. The Balaban J connectivity index is 1.33. The van der Waals surface area contributed by atoms with Crippen molar-refractivity contribution < 1.29 is 9.53 Å². The second-order valence-electron chi connectivity index (χ2n) is 9.28. The Bertz CT molecular complexity index is 1730. The molecule has 12 heteroatoms. The molecule has 38 heavy (non-hydrogen) atoms. The fourth-order valence-electron chi connectivity index (χ4n) is 4.70. The van der Waals surface area contributed by atoms with E-state index in [2.05, 4.69) is 36.0 Å². The zero-order chi connectivity index (χ0) is 26.4. The maximum absolute atomic E-state index is 13.4. The van der Waals surface area contributed by atoms with Gasteiger partial charge in [-0.3, -0.25) is 14.2 Å². The lowest BCUT2D eigenvalue weighted by Gasteiger charge is -2.35. The molecule has 5 aromatic heterocycles. The smallest absolute Gasteiger partial charge is 0.279 e. The topological polar surface area (TPSA) is 143 Å². The van der Waals surface area contributed by atoms with Crippen molar-refractivity contribution in [3.8, 4) is 5.82 Å².